The van der Waals surface area contributed by atoms with Crippen molar-refractivity contribution >= 4 is 17.3 Å². The zero-order chi connectivity index (χ0) is 10.7. The molecule has 1 N–H and O–H groups in total. The standard InChI is InChI=1S/C10H15N3OS/c1-8-5-12-13(7-8)10(15)11-6-9-3-2-4-14-9/h5,7,9H,2-4,6H2,1H3,(H,11,15)/t9-/m0/s1. The molecule has 5 heteroatoms. The first-order chi connectivity index (χ1) is 7.25. The van der Waals surface area contributed by atoms with Crippen LogP contribution in [-0.4, -0.2) is 34.1 Å². The lowest BCUT2D eigenvalue weighted by molar-refractivity contribution is 0.114. The van der Waals surface area contributed by atoms with Crippen LogP contribution in [0.1, 0.15) is 18.4 Å². The van der Waals surface area contributed by atoms with Gasteiger partial charge < -0.3 is 10.1 Å². The van der Waals surface area contributed by atoms with Crippen LogP contribution in [-0.2, 0) is 4.74 Å². The summed E-state index contributed by atoms with van der Waals surface area (Å²) in [6.07, 6.45) is 6.28. The molecule has 1 aromatic heterocycles. The molecular weight excluding hydrogens is 210 g/mol. The molecule has 0 aromatic carbocycles. The van der Waals surface area contributed by atoms with Crippen LogP contribution < -0.4 is 5.32 Å². The highest BCUT2D eigenvalue weighted by Crippen LogP contribution is 2.10. The van der Waals surface area contributed by atoms with Crippen molar-refractivity contribution < 1.29 is 4.74 Å². The van der Waals surface area contributed by atoms with Crippen molar-refractivity contribution in [3.8, 4) is 0 Å². The second-order valence-electron chi connectivity index (χ2n) is 3.78. The number of rotatable bonds is 2. The average molecular weight is 225 g/mol. The third-order valence-corrected chi connectivity index (χ3v) is 2.76. The van der Waals surface area contributed by atoms with Crippen molar-refractivity contribution in [3.63, 3.8) is 0 Å². The van der Waals surface area contributed by atoms with Crippen molar-refractivity contribution in [2.45, 2.75) is 25.9 Å². The van der Waals surface area contributed by atoms with Crippen LogP contribution in [0, 0.1) is 6.92 Å². The first-order valence-corrected chi connectivity index (χ1v) is 5.57. The van der Waals surface area contributed by atoms with Gasteiger partial charge in [0.1, 0.15) is 0 Å². The summed E-state index contributed by atoms with van der Waals surface area (Å²) in [6, 6.07) is 0. The average Bonchev–Trinajstić information content (AvgIpc) is 2.84. The molecule has 0 bridgehead atoms. The van der Waals surface area contributed by atoms with Crippen molar-refractivity contribution in [2.75, 3.05) is 13.2 Å². The molecule has 0 unspecified atom stereocenters. The molecule has 0 spiro atoms. The summed E-state index contributed by atoms with van der Waals surface area (Å²) in [4.78, 5) is 0. The fourth-order valence-corrected chi connectivity index (χ4v) is 1.79. The third-order valence-electron chi connectivity index (χ3n) is 2.42. The van der Waals surface area contributed by atoms with Crippen LogP contribution in [0.5, 0.6) is 0 Å². The molecular formula is C10H15N3OS. The minimum atomic E-state index is 0.305. The molecule has 0 saturated carbocycles. The van der Waals surface area contributed by atoms with Gasteiger partial charge in [-0.3, -0.25) is 0 Å². The van der Waals surface area contributed by atoms with Crippen LogP contribution in [0.15, 0.2) is 12.4 Å². The molecule has 1 saturated heterocycles. The summed E-state index contributed by atoms with van der Waals surface area (Å²) in [5.74, 6) is 0. The maximum atomic E-state index is 5.49. The Balaban J connectivity index is 1.81. The van der Waals surface area contributed by atoms with Gasteiger partial charge in [0.15, 0.2) is 5.11 Å². The lowest BCUT2D eigenvalue weighted by Crippen LogP contribution is -2.34. The molecule has 2 rings (SSSR count). The van der Waals surface area contributed by atoms with E-state index in [9.17, 15) is 0 Å². The number of nitrogens with one attached hydrogen (secondary N) is 1. The van der Waals surface area contributed by atoms with E-state index in [2.05, 4.69) is 10.4 Å². The SMILES string of the molecule is Cc1cnn(C(=S)NC[C@@H]2CCCO2)c1. The molecule has 1 aliphatic heterocycles. The van der Waals surface area contributed by atoms with Gasteiger partial charge in [-0.2, -0.15) is 5.10 Å². The zero-order valence-electron chi connectivity index (χ0n) is 8.77. The maximum Gasteiger partial charge on any atom is 0.194 e. The van der Waals surface area contributed by atoms with E-state index in [1.807, 2.05) is 13.1 Å². The lowest BCUT2D eigenvalue weighted by Gasteiger charge is -2.12. The molecule has 1 atom stereocenters. The summed E-state index contributed by atoms with van der Waals surface area (Å²) in [6.45, 7) is 3.64. The van der Waals surface area contributed by atoms with Gasteiger partial charge in [-0.05, 0) is 37.5 Å². The summed E-state index contributed by atoms with van der Waals surface area (Å²) in [5.41, 5.74) is 1.11. The Morgan fingerprint density at radius 3 is 3.27 bits per heavy atom. The zero-order valence-corrected chi connectivity index (χ0v) is 9.59. The number of thiocarbonyl (C=S) groups is 1. The topological polar surface area (TPSA) is 39.1 Å². The summed E-state index contributed by atoms with van der Waals surface area (Å²) >= 11 is 5.20. The molecule has 0 amide bonds. The van der Waals surface area contributed by atoms with E-state index in [1.165, 1.54) is 0 Å². The fraction of sp³-hybridized carbons (Fsp3) is 0.600. The Morgan fingerprint density at radius 1 is 1.80 bits per heavy atom. The number of aromatic nitrogens is 2. The highest BCUT2D eigenvalue weighted by atomic mass is 32.1. The molecule has 1 aromatic rings. The van der Waals surface area contributed by atoms with Crippen molar-refractivity contribution in [3.05, 3.63) is 18.0 Å². The largest absolute Gasteiger partial charge is 0.376 e. The smallest absolute Gasteiger partial charge is 0.194 e. The monoisotopic (exact) mass is 225 g/mol. The lowest BCUT2D eigenvalue weighted by atomic mass is 10.2. The van der Waals surface area contributed by atoms with Crippen LogP contribution >= 0.6 is 12.2 Å². The second kappa shape index (κ2) is 4.72. The summed E-state index contributed by atoms with van der Waals surface area (Å²) in [5, 5.41) is 7.93. The second-order valence-corrected chi connectivity index (χ2v) is 4.17. The third kappa shape index (κ3) is 2.76. The van der Waals surface area contributed by atoms with Crippen molar-refractivity contribution in [1.82, 2.24) is 15.1 Å². The van der Waals surface area contributed by atoms with Crippen LogP contribution in [0.25, 0.3) is 0 Å². The minimum Gasteiger partial charge on any atom is -0.376 e. The van der Waals surface area contributed by atoms with E-state index >= 15 is 0 Å². The number of nitrogens with zero attached hydrogens (tertiary/aromatic N) is 2. The Hall–Kier alpha value is -0.940. The molecule has 4 nitrogen and oxygen atoms in total. The van der Waals surface area contributed by atoms with Crippen LogP contribution in [0.4, 0.5) is 0 Å². The van der Waals surface area contributed by atoms with E-state index in [4.69, 9.17) is 17.0 Å². The van der Waals surface area contributed by atoms with Crippen molar-refractivity contribution in [1.29, 1.82) is 0 Å². The van der Waals surface area contributed by atoms with Gasteiger partial charge in [-0.1, -0.05) is 0 Å². The van der Waals surface area contributed by atoms with E-state index in [-0.39, 0.29) is 0 Å². The molecule has 15 heavy (non-hydrogen) atoms. The molecule has 82 valence electrons. The van der Waals surface area contributed by atoms with Gasteiger partial charge in [0, 0.05) is 19.3 Å². The number of ether oxygens (including phenoxy) is 1. The van der Waals surface area contributed by atoms with E-state index < -0.39 is 0 Å². The normalized spacial score (nSPS) is 20.5. The maximum absolute atomic E-state index is 5.49. The quantitative estimate of drug-likeness (QED) is 0.765. The Bertz CT molecular complexity index is 344. The van der Waals surface area contributed by atoms with E-state index in [0.29, 0.717) is 11.2 Å². The van der Waals surface area contributed by atoms with Crippen molar-refractivity contribution in [2.24, 2.45) is 0 Å². The number of aryl methyl sites for hydroxylation is 1. The first kappa shape index (κ1) is 10.6. The highest BCUT2D eigenvalue weighted by Gasteiger charge is 2.15. The Labute approximate surface area is 94.6 Å². The van der Waals surface area contributed by atoms with Gasteiger partial charge in [-0.15, -0.1) is 0 Å². The van der Waals surface area contributed by atoms with Gasteiger partial charge in [0.25, 0.3) is 0 Å². The van der Waals surface area contributed by atoms with Gasteiger partial charge in [-0.25, -0.2) is 4.68 Å². The van der Waals surface area contributed by atoms with E-state index in [1.54, 1.807) is 10.9 Å². The molecule has 0 aliphatic carbocycles. The van der Waals surface area contributed by atoms with Crippen LogP contribution in [0.3, 0.4) is 0 Å². The van der Waals surface area contributed by atoms with Crippen LogP contribution in [0.2, 0.25) is 0 Å². The minimum absolute atomic E-state index is 0.305. The Kier molecular flexibility index (Phi) is 3.33. The molecule has 1 fully saturated rings. The molecule has 2 heterocycles. The molecule has 1 aliphatic rings. The fourth-order valence-electron chi connectivity index (χ4n) is 1.61. The first-order valence-electron chi connectivity index (χ1n) is 5.17. The molecule has 0 radical (unpaired) electrons. The van der Waals surface area contributed by atoms with Gasteiger partial charge in [0.2, 0.25) is 0 Å². The highest BCUT2D eigenvalue weighted by molar-refractivity contribution is 7.80. The summed E-state index contributed by atoms with van der Waals surface area (Å²) in [7, 11) is 0. The predicted octanol–water partition coefficient (Wildman–Crippen LogP) is 1.09. The number of hydrogen-bond acceptors (Lipinski definition) is 3. The Morgan fingerprint density at radius 2 is 2.67 bits per heavy atom. The number of hydrogen-bond donors (Lipinski definition) is 1. The van der Waals surface area contributed by atoms with Gasteiger partial charge in [0.05, 0.1) is 12.3 Å². The predicted molar refractivity (Wildman–Crippen MR) is 61.9 cm³/mol. The van der Waals surface area contributed by atoms with E-state index in [0.717, 1.165) is 31.6 Å². The van der Waals surface area contributed by atoms with Gasteiger partial charge >= 0.3 is 0 Å². The summed E-state index contributed by atoms with van der Waals surface area (Å²) < 4.78 is 7.17.